The van der Waals surface area contributed by atoms with Crippen molar-refractivity contribution >= 4 is 22.6 Å². The van der Waals surface area contributed by atoms with Crippen LogP contribution in [0, 0.1) is 17.4 Å². The van der Waals surface area contributed by atoms with E-state index in [2.05, 4.69) is 0 Å². The average Bonchev–Trinajstić information content (AvgIpc) is 2.70. The summed E-state index contributed by atoms with van der Waals surface area (Å²) in [6.07, 6.45) is 8.27. The van der Waals surface area contributed by atoms with E-state index in [1.54, 1.807) is 6.07 Å². The van der Waals surface area contributed by atoms with Crippen LogP contribution < -0.4 is 5.73 Å². The number of nitriles is 1. The van der Waals surface area contributed by atoms with Crippen molar-refractivity contribution in [3.63, 3.8) is 0 Å². The molecule has 1 fully saturated rings. The first-order valence-corrected chi connectivity index (χ1v) is 9.51. The molecule has 0 spiro atoms. The molecule has 0 radical (unpaired) electrons. The van der Waals surface area contributed by atoms with Gasteiger partial charge < -0.3 is 5.73 Å². The Bertz CT molecular complexity index is 894. The molecule has 5 heteroatoms. The fourth-order valence-corrected chi connectivity index (χ4v) is 4.27. The second-order valence-electron chi connectivity index (χ2n) is 7.40. The lowest BCUT2D eigenvalue weighted by molar-refractivity contribution is -0.129. The number of rotatable bonds is 5. The molecule has 0 aliphatic heterocycles. The molecule has 27 heavy (non-hydrogen) atoms. The monoisotopic (exact) mass is 363 g/mol. The van der Waals surface area contributed by atoms with Crippen molar-refractivity contribution in [3.8, 4) is 6.19 Å². The van der Waals surface area contributed by atoms with Crippen molar-refractivity contribution in [3.05, 3.63) is 47.5 Å². The zero-order chi connectivity index (χ0) is 19.4. The van der Waals surface area contributed by atoms with Gasteiger partial charge in [-0.25, -0.2) is 0 Å². The Morgan fingerprint density at radius 2 is 1.89 bits per heavy atom. The van der Waals surface area contributed by atoms with Crippen LogP contribution in [0.3, 0.4) is 0 Å². The lowest BCUT2D eigenvalue weighted by atomic mass is 9.77. The molecule has 2 aromatic rings. The van der Waals surface area contributed by atoms with E-state index in [4.69, 9.17) is 5.73 Å². The summed E-state index contributed by atoms with van der Waals surface area (Å²) >= 11 is 0. The topological polar surface area (TPSA) is 87.2 Å². The number of hydrogen-bond donors (Lipinski definition) is 1. The summed E-state index contributed by atoms with van der Waals surface area (Å²) in [7, 11) is 1.48. The number of primary amides is 1. The number of nitrogens with zero attached hydrogens (tertiary/aromatic N) is 2. The van der Waals surface area contributed by atoms with Crippen molar-refractivity contribution in [1.82, 2.24) is 4.90 Å². The van der Waals surface area contributed by atoms with E-state index in [1.807, 2.05) is 36.5 Å². The third-order valence-electron chi connectivity index (χ3n) is 5.66. The van der Waals surface area contributed by atoms with Crippen molar-refractivity contribution < 1.29 is 9.59 Å². The maximum atomic E-state index is 13.1. The molecular weight excluding hydrogens is 338 g/mol. The maximum absolute atomic E-state index is 13.1. The van der Waals surface area contributed by atoms with Gasteiger partial charge in [-0.05, 0) is 34.7 Å². The number of amides is 2. The SMILES string of the molecule is CN(C#N)C(=O)[C@@H](CC1CCCCC1)c1c(C(N)=O)ccc2ccccc12. The summed E-state index contributed by atoms with van der Waals surface area (Å²) < 4.78 is 0. The molecule has 1 atom stereocenters. The molecule has 5 nitrogen and oxygen atoms in total. The minimum atomic E-state index is -0.550. The zero-order valence-electron chi connectivity index (χ0n) is 15.6. The molecule has 0 bridgehead atoms. The first-order chi connectivity index (χ1) is 13.0. The number of benzene rings is 2. The minimum absolute atomic E-state index is 0.276. The van der Waals surface area contributed by atoms with E-state index < -0.39 is 11.8 Å². The largest absolute Gasteiger partial charge is 0.366 e. The molecule has 1 saturated carbocycles. The molecule has 0 aromatic heterocycles. The van der Waals surface area contributed by atoms with Crippen LogP contribution in [-0.2, 0) is 4.79 Å². The number of carbonyl (C=O) groups is 2. The third kappa shape index (κ3) is 3.95. The molecule has 0 saturated heterocycles. The van der Waals surface area contributed by atoms with Crippen LogP contribution in [0.2, 0.25) is 0 Å². The van der Waals surface area contributed by atoms with Gasteiger partial charge in [-0.15, -0.1) is 0 Å². The number of hydrogen-bond acceptors (Lipinski definition) is 3. The Morgan fingerprint density at radius 1 is 1.19 bits per heavy atom. The molecule has 0 heterocycles. The fourth-order valence-electron chi connectivity index (χ4n) is 4.27. The van der Waals surface area contributed by atoms with Crippen LogP contribution in [0.4, 0.5) is 0 Å². The van der Waals surface area contributed by atoms with Crippen LogP contribution in [0.1, 0.15) is 60.4 Å². The Balaban J connectivity index is 2.15. The van der Waals surface area contributed by atoms with E-state index >= 15 is 0 Å². The zero-order valence-corrected chi connectivity index (χ0v) is 15.6. The molecule has 140 valence electrons. The summed E-state index contributed by atoms with van der Waals surface area (Å²) in [6, 6.07) is 11.3. The highest BCUT2D eigenvalue weighted by Gasteiger charge is 2.32. The van der Waals surface area contributed by atoms with Gasteiger partial charge in [0.2, 0.25) is 11.8 Å². The van der Waals surface area contributed by atoms with Gasteiger partial charge in [-0.3, -0.25) is 14.5 Å². The van der Waals surface area contributed by atoms with Gasteiger partial charge >= 0.3 is 0 Å². The van der Waals surface area contributed by atoms with Gasteiger partial charge in [0.1, 0.15) is 0 Å². The summed E-state index contributed by atoms with van der Waals surface area (Å²) in [4.78, 5) is 26.3. The van der Waals surface area contributed by atoms with Crippen molar-refractivity contribution in [2.75, 3.05) is 7.05 Å². The molecule has 1 aliphatic carbocycles. The first kappa shape index (κ1) is 18.9. The van der Waals surface area contributed by atoms with Gasteiger partial charge in [0.25, 0.3) is 0 Å². The molecule has 2 aromatic carbocycles. The third-order valence-corrected chi connectivity index (χ3v) is 5.66. The van der Waals surface area contributed by atoms with Crippen molar-refractivity contribution in [2.45, 2.75) is 44.4 Å². The second-order valence-corrected chi connectivity index (χ2v) is 7.40. The number of nitrogens with two attached hydrogens (primary N) is 1. The lowest BCUT2D eigenvalue weighted by Gasteiger charge is -2.28. The molecule has 3 rings (SSSR count). The van der Waals surface area contributed by atoms with Gasteiger partial charge in [0.05, 0.1) is 5.92 Å². The number of carbonyl (C=O) groups excluding carboxylic acids is 2. The Kier molecular flexibility index (Phi) is 5.75. The van der Waals surface area contributed by atoms with Gasteiger partial charge in [-0.2, -0.15) is 5.26 Å². The molecule has 0 unspecified atom stereocenters. The van der Waals surface area contributed by atoms with E-state index in [9.17, 15) is 14.9 Å². The highest BCUT2D eigenvalue weighted by molar-refractivity contribution is 6.04. The molecule has 2 amide bonds. The average molecular weight is 363 g/mol. The predicted octanol–water partition coefficient (Wildman–Crippen LogP) is 3.93. The predicted molar refractivity (Wildman–Crippen MR) is 105 cm³/mol. The highest BCUT2D eigenvalue weighted by Crippen LogP contribution is 2.38. The van der Waals surface area contributed by atoms with Crippen LogP contribution in [0.15, 0.2) is 36.4 Å². The van der Waals surface area contributed by atoms with Crippen LogP contribution in [0.25, 0.3) is 10.8 Å². The summed E-state index contributed by atoms with van der Waals surface area (Å²) in [5.74, 6) is -0.954. The van der Waals surface area contributed by atoms with Crippen molar-refractivity contribution in [1.29, 1.82) is 5.26 Å². The van der Waals surface area contributed by atoms with Crippen LogP contribution >= 0.6 is 0 Å². The summed E-state index contributed by atoms with van der Waals surface area (Å²) in [6.45, 7) is 0. The van der Waals surface area contributed by atoms with E-state index in [-0.39, 0.29) is 5.91 Å². The smallest absolute Gasteiger partial charge is 0.249 e. The summed E-state index contributed by atoms with van der Waals surface area (Å²) in [5.41, 5.74) is 6.69. The Hall–Kier alpha value is -2.87. The fraction of sp³-hybridized carbons (Fsp3) is 0.409. The second kappa shape index (κ2) is 8.22. The van der Waals surface area contributed by atoms with E-state index in [1.165, 1.54) is 13.5 Å². The minimum Gasteiger partial charge on any atom is -0.366 e. The first-order valence-electron chi connectivity index (χ1n) is 9.51. The Labute approximate surface area is 159 Å². The molecular formula is C22H25N3O2. The number of likely N-dealkylation sites (N-methyl/N-ethyl adjacent to an activating group) is 1. The van der Waals surface area contributed by atoms with Crippen molar-refractivity contribution in [2.24, 2.45) is 11.7 Å². The van der Waals surface area contributed by atoms with Gasteiger partial charge in [0, 0.05) is 12.6 Å². The highest BCUT2D eigenvalue weighted by atomic mass is 16.2. The standard InChI is InChI=1S/C22H25N3O2/c1-25(14-23)22(27)19(13-15-7-3-2-4-8-15)20-17-10-6-5-9-16(17)11-12-18(20)21(24)26/h5-6,9-12,15,19H,2-4,7-8,13H2,1H3,(H2,24,26)/t19-/m0/s1. The number of fused-ring (bicyclic) bond motifs is 1. The Morgan fingerprint density at radius 3 is 2.56 bits per heavy atom. The molecule has 1 aliphatic rings. The molecule has 2 N–H and O–H groups in total. The lowest BCUT2D eigenvalue weighted by Crippen LogP contribution is -2.31. The summed E-state index contributed by atoms with van der Waals surface area (Å²) in [5, 5.41) is 11.1. The normalized spacial score (nSPS) is 15.9. The van der Waals surface area contributed by atoms with Gasteiger partial charge in [0.15, 0.2) is 6.19 Å². The van der Waals surface area contributed by atoms with E-state index in [0.29, 0.717) is 23.5 Å². The quantitative estimate of drug-likeness (QED) is 0.645. The van der Waals surface area contributed by atoms with Gasteiger partial charge in [-0.1, -0.05) is 62.4 Å². The maximum Gasteiger partial charge on any atom is 0.249 e. The van der Waals surface area contributed by atoms with Crippen LogP contribution in [0.5, 0.6) is 0 Å². The van der Waals surface area contributed by atoms with Crippen LogP contribution in [-0.4, -0.2) is 23.8 Å². The van der Waals surface area contributed by atoms with E-state index in [0.717, 1.165) is 41.4 Å².